The van der Waals surface area contributed by atoms with E-state index in [0.717, 1.165) is 6.07 Å². The Bertz CT molecular complexity index is 690. The quantitative estimate of drug-likeness (QED) is 0.844. The third-order valence-corrected chi connectivity index (χ3v) is 3.47. The van der Waals surface area contributed by atoms with Crippen molar-refractivity contribution in [3.63, 3.8) is 0 Å². The Morgan fingerprint density at radius 1 is 1.29 bits per heavy atom. The average molecular weight is 345 g/mol. The molecule has 1 atom stereocenters. The van der Waals surface area contributed by atoms with E-state index in [1.54, 1.807) is 20.8 Å². The van der Waals surface area contributed by atoms with Gasteiger partial charge in [-0.3, -0.25) is 4.79 Å². The highest BCUT2D eigenvalue weighted by Gasteiger charge is 2.43. The van der Waals surface area contributed by atoms with Gasteiger partial charge in [0, 0.05) is 5.56 Å². The van der Waals surface area contributed by atoms with E-state index in [0.29, 0.717) is 4.90 Å². The first-order chi connectivity index (χ1) is 10.8. The number of hydrogen-bond acceptors (Lipinski definition) is 4. The van der Waals surface area contributed by atoms with Crippen molar-refractivity contribution in [2.45, 2.75) is 52.1 Å². The second-order valence-corrected chi connectivity index (χ2v) is 6.64. The molecule has 5 nitrogen and oxygen atoms in total. The van der Waals surface area contributed by atoms with Gasteiger partial charge in [-0.1, -0.05) is 0 Å². The Balaban J connectivity index is 2.49. The van der Waals surface area contributed by atoms with Crippen LogP contribution in [-0.4, -0.2) is 27.6 Å². The molecule has 1 N–H and O–H groups in total. The Hall–Kier alpha value is -2.09. The van der Waals surface area contributed by atoms with Crippen molar-refractivity contribution in [3.8, 4) is 0 Å². The highest BCUT2D eigenvalue weighted by atomic mass is 19.4. The monoisotopic (exact) mass is 345 g/mol. The summed E-state index contributed by atoms with van der Waals surface area (Å²) in [6.45, 7) is 5.55. The molecule has 1 aliphatic rings. The van der Waals surface area contributed by atoms with Gasteiger partial charge in [-0.2, -0.15) is 13.2 Å². The van der Waals surface area contributed by atoms with Crippen molar-refractivity contribution in [3.05, 3.63) is 34.4 Å². The molecule has 0 bridgehead atoms. The molecule has 2 amide bonds. The first-order valence-electron chi connectivity index (χ1n) is 7.28. The van der Waals surface area contributed by atoms with Crippen molar-refractivity contribution < 1.29 is 32.6 Å². The van der Waals surface area contributed by atoms with Crippen LogP contribution in [0.1, 0.15) is 60.8 Å². The molecule has 1 unspecified atom stereocenters. The van der Waals surface area contributed by atoms with Gasteiger partial charge in [-0.05, 0) is 51.0 Å². The van der Waals surface area contributed by atoms with Gasteiger partial charge >= 0.3 is 12.3 Å². The Labute approximate surface area is 137 Å². The molecule has 2 rings (SSSR count). The highest BCUT2D eigenvalue weighted by Crippen LogP contribution is 2.39. The van der Waals surface area contributed by atoms with E-state index in [4.69, 9.17) is 4.74 Å². The topological polar surface area (TPSA) is 66.8 Å². The highest BCUT2D eigenvalue weighted by molar-refractivity contribution is 6.06. The number of halogens is 3. The fourth-order valence-corrected chi connectivity index (χ4v) is 2.39. The lowest BCUT2D eigenvalue weighted by Gasteiger charge is -2.23. The molecular formula is C16H18F3NO4. The lowest BCUT2D eigenvalue weighted by atomic mass is 9.97. The largest absolute Gasteiger partial charge is 0.443 e. The van der Waals surface area contributed by atoms with Crippen molar-refractivity contribution in [2.24, 2.45) is 0 Å². The van der Waals surface area contributed by atoms with E-state index in [1.807, 2.05) is 0 Å². The molecule has 1 heterocycles. The molecule has 0 saturated carbocycles. The number of alkyl halides is 3. The van der Waals surface area contributed by atoms with E-state index < -0.39 is 42.0 Å². The molecule has 0 aromatic heterocycles. The number of nitrogens with zero attached hydrogens (tertiary/aromatic N) is 1. The maximum atomic E-state index is 13.3. The molecule has 1 aliphatic heterocycles. The van der Waals surface area contributed by atoms with Crippen LogP contribution in [0.15, 0.2) is 12.1 Å². The first-order valence-corrected chi connectivity index (χ1v) is 7.28. The van der Waals surface area contributed by atoms with Crippen LogP contribution in [0.2, 0.25) is 0 Å². The van der Waals surface area contributed by atoms with E-state index >= 15 is 0 Å². The van der Waals surface area contributed by atoms with Gasteiger partial charge in [-0.25, -0.2) is 9.69 Å². The summed E-state index contributed by atoms with van der Waals surface area (Å²) in [5, 5.41) is 9.58. The molecular weight excluding hydrogens is 327 g/mol. The molecule has 8 heteroatoms. The average Bonchev–Trinajstić information content (AvgIpc) is 2.72. The van der Waals surface area contributed by atoms with Crippen LogP contribution in [0.3, 0.4) is 0 Å². The summed E-state index contributed by atoms with van der Waals surface area (Å²) in [5.74, 6) is -0.868. The number of fused-ring (bicyclic) bond motifs is 1. The minimum absolute atomic E-state index is 0.0412. The standard InChI is InChI=1S/C16H18F3NO4/c1-8(21)9-5-10-11(12(6-9)16(17,18)19)7-20(13(10)22)14(23)24-15(2,3)4/h5-6,8,21H,7H2,1-4H3. The number of amides is 2. The van der Waals surface area contributed by atoms with Gasteiger partial charge in [-0.15, -0.1) is 0 Å². The van der Waals surface area contributed by atoms with Gasteiger partial charge in [0.2, 0.25) is 0 Å². The molecule has 1 aromatic rings. The van der Waals surface area contributed by atoms with Gasteiger partial charge in [0.05, 0.1) is 18.2 Å². The molecule has 0 saturated heterocycles. The second kappa shape index (κ2) is 5.77. The van der Waals surface area contributed by atoms with Crippen molar-refractivity contribution in [1.82, 2.24) is 4.90 Å². The molecule has 0 spiro atoms. The van der Waals surface area contributed by atoms with E-state index in [1.165, 1.54) is 13.0 Å². The second-order valence-electron chi connectivity index (χ2n) is 6.64. The lowest BCUT2D eigenvalue weighted by Crippen LogP contribution is -2.36. The summed E-state index contributed by atoms with van der Waals surface area (Å²) in [6.07, 6.45) is -6.89. The van der Waals surface area contributed by atoms with Crippen molar-refractivity contribution in [2.75, 3.05) is 0 Å². The van der Waals surface area contributed by atoms with E-state index in [9.17, 15) is 27.9 Å². The number of benzene rings is 1. The number of ether oxygens (including phenoxy) is 1. The normalized spacial score (nSPS) is 16.2. The summed E-state index contributed by atoms with van der Waals surface area (Å²) in [6, 6.07) is 1.98. The van der Waals surface area contributed by atoms with Crippen LogP contribution in [0, 0.1) is 0 Å². The van der Waals surface area contributed by atoms with Crippen LogP contribution in [-0.2, 0) is 17.5 Å². The Kier molecular flexibility index (Phi) is 4.39. The Morgan fingerprint density at radius 2 is 1.88 bits per heavy atom. The number of aliphatic hydroxyl groups is 1. The summed E-state index contributed by atoms with van der Waals surface area (Å²) >= 11 is 0. The third kappa shape index (κ3) is 3.53. The number of carbonyl (C=O) groups excluding carboxylic acids is 2. The molecule has 0 fully saturated rings. The van der Waals surface area contributed by atoms with Gasteiger partial charge in [0.1, 0.15) is 5.60 Å². The summed E-state index contributed by atoms with van der Waals surface area (Å²) in [4.78, 5) is 25.1. The molecule has 132 valence electrons. The van der Waals surface area contributed by atoms with Crippen LogP contribution in [0.4, 0.5) is 18.0 Å². The maximum Gasteiger partial charge on any atom is 0.417 e. The summed E-state index contributed by atoms with van der Waals surface area (Å²) in [5.41, 5.74) is -2.49. The van der Waals surface area contributed by atoms with E-state index in [2.05, 4.69) is 0 Å². The molecule has 24 heavy (non-hydrogen) atoms. The van der Waals surface area contributed by atoms with Crippen LogP contribution in [0.5, 0.6) is 0 Å². The number of imide groups is 1. The predicted molar refractivity (Wildman–Crippen MR) is 78.2 cm³/mol. The van der Waals surface area contributed by atoms with Gasteiger partial charge in [0.15, 0.2) is 0 Å². The van der Waals surface area contributed by atoms with Crippen LogP contribution >= 0.6 is 0 Å². The number of carbonyl (C=O) groups is 2. The number of hydrogen-bond donors (Lipinski definition) is 1. The minimum atomic E-state index is -4.71. The van der Waals surface area contributed by atoms with Crippen molar-refractivity contribution in [1.29, 1.82) is 0 Å². The maximum absolute atomic E-state index is 13.3. The smallest absolute Gasteiger partial charge is 0.417 e. The molecule has 0 radical (unpaired) electrons. The van der Waals surface area contributed by atoms with Gasteiger partial charge in [0.25, 0.3) is 5.91 Å². The van der Waals surface area contributed by atoms with Crippen LogP contribution in [0.25, 0.3) is 0 Å². The van der Waals surface area contributed by atoms with Gasteiger partial charge < -0.3 is 9.84 Å². The van der Waals surface area contributed by atoms with Crippen LogP contribution < -0.4 is 0 Å². The molecule has 0 aliphatic carbocycles. The Morgan fingerprint density at radius 3 is 2.33 bits per heavy atom. The fourth-order valence-electron chi connectivity index (χ4n) is 2.39. The molecule has 1 aromatic carbocycles. The SMILES string of the molecule is CC(O)c1cc2c(c(C(F)(F)F)c1)CN(C(=O)OC(C)(C)C)C2=O. The summed E-state index contributed by atoms with van der Waals surface area (Å²) < 4.78 is 44.9. The number of aliphatic hydroxyl groups excluding tert-OH is 1. The predicted octanol–water partition coefficient (Wildman–Crippen LogP) is 3.65. The minimum Gasteiger partial charge on any atom is -0.443 e. The van der Waals surface area contributed by atoms with E-state index in [-0.39, 0.29) is 16.7 Å². The third-order valence-electron chi connectivity index (χ3n) is 3.47. The van der Waals surface area contributed by atoms with Crippen molar-refractivity contribution >= 4 is 12.0 Å². The first kappa shape index (κ1) is 18.3. The zero-order valence-corrected chi connectivity index (χ0v) is 13.7. The zero-order chi connectivity index (χ0) is 18.4. The number of rotatable bonds is 1. The lowest BCUT2D eigenvalue weighted by molar-refractivity contribution is -0.138. The fraction of sp³-hybridized carbons (Fsp3) is 0.500. The summed E-state index contributed by atoms with van der Waals surface area (Å²) in [7, 11) is 0. The zero-order valence-electron chi connectivity index (χ0n) is 13.7.